The molecule has 33 heavy (non-hydrogen) atoms. The number of hydrogen-bond donors (Lipinski definition) is 0. The maximum atomic E-state index is 13.6. The highest BCUT2D eigenvalue weighted by molar-refractivity contribution is 7.93. The third-order valence-electron chi connectivity index (χ3n) is 4.92. The summed E-state index contributed by atoms with van der Waals surface area (Å²) in [7, 11) is -4.20. The van der Waals surface area contributed by atoms with Gasteiger partial charge in [0.1, 0.15) is 5.75 Å². The Morgan fingerprint density at radius 2 is 1.73 bits per heavy atom. The van der Waals surface area contributed by atoms with Gasteiger partial charge in [-0.15, -0.1) is 0 Å². The Morgan fingerprint density at radius 3 is 2.42 bits per heavy atom. The fraction of sp³-hybridized carbons (Fsp3) is 0.192. The number of rotatable bonds is 8. The summed E-state index contributed by atoms with van der Waals surface area (Å²) in [5, 5.41) is 0.405. The van der Waals surface area contributed by atoms with Gasteiger partial charge < -0.3 is 4.74 Å². The van der Waals surface area contributed by atoms with E-state index in [0.29, 0.717) is 34.2 Å². The number of carbonyl (C=O) groups excluding carboxylic acids is 1. The topological polar surface area (TPSA) is 63.7 Å². The van der Waals surface area contributed by atoms with Gasteiger partial charge in [-0.05, 0) is 73.9 Å². The Bertz CT molecular complexity index is 1270. The van der Waals surface area contributed by atoms with E-state index in [1.54, 1.807) is 25.1 Å². The molecule has 0 saturated heterocycles. The minimum absolute atomic E-state index is 0.0266. The van der Waals surface area contributed by atoms with Crippen LogP contribution in [-0.2, 0) is 14.8 Å². The first kappa shape index (κ1) is 24.6. The second kappa shape index (κ2) is 10.7. The van der Waals surface area contributed by atoms with Crippen LogP contribution in [0.15, 0.2) is 77.7 Å². The van der Waals surface area contributed by atoms with E-state index in [0.717, 1.165) is 16.3 Å². The lowest BCUT2D eigenvalue weighted by Gasteiger charge is -2.23. The van der Waals surface area contributed by atoms with E-state index in [-0.39, 0.29) is 4.90 Å². The maximum Gasteiger partial charge on any atom is 0.271 e. The summed E-state index contributed by atoms with van der Waals surface area (Å²) in [4.78, 5) is 13.4. The molecule has 0 aliphatic carbocycles. The molecule has 0 N–H and O–H groups in total. The number of amides is 1. The molecule has 0 heterocycles. The highest BCUT2D eigenvalue weighted by Crippen LogP contribution is 2.29. The molecule has 0 aliphatic rings. The minimum Gasteiger partial charge on any atom is -0.493 e. The number of hydrogen-bond acceptors (Lipinski definition) is 4. The lowest BCUT2D eigenvalue weighted by atomic mass is 10.1. The first-order valence-corrected chi connectivity index (χ1v) is 12.4. The number of para-hydroxylation sites is 1. The molecule has 0 unspecified atom stereocenters. The maximum absolute atomic E-state index is 13.6. The van der Waals surface area contributed by atoms with Gasteiger partial charge in [0, 0.05) is 16.7 Å². The summed E-state index contributed by atoms with van der Waals surface area (Å²) in [6, 6.07) is 18.4. The van der Waals surface area contributed by atoms with Gasteiger partial charge in [0.05, 0.1) is 17.2 Å². The summed E-state index contributed by atoms with van der Waals surface area (Å²) >= 11 is 5.94. The van der Waals surface area contributed by atoms with Crippen LogP contribution in [0.4, 0.5) is 5.69 Å². The molecule has 0 saturated carbocycles. The van der Waals surface area contributed by atoms with Gasteiger partial charge in [0.2, 0.25) is 0 Å². The zero-order valence-corrected chi connectivity index (χ0v) is 20.4. The van der Waals surface area contributed by atoms with E-state index in [4.69, 9.17) is 16.3 Å². The fourth-order valence-electron chi connectivity index (χ4n) is 3.21. The van der Waals surface area contributed by atoms with Crippen molar-refractivity contribution in [3.63, 3.8) is 0 Å². The van der Waals surface area contributed by atoms with Crippen molar-refractivity contribution in [3.8, 4) is 5.75 Å². The van der Waals surface area contributed by atoms with Crippen LogP contribution in [0.3, 0.4) is 0 Å². The molecule has 3 aromatic rings. The van der Waals surface area contributed by atoms with Crippen LogP contribution in [0.1, 0.15) is 30.0 Å². The SMILES string of the molecule is CCCOc1ccccc1/C=C/C(=O)N(c1cc(C)ccc1C)S(=O)(=O)c1ccc(Cl)cc1. The molecule has 1 amide bonds. The van der Waals surface area contributed by atoms with Gasteiger partial charge in [-0.1, -0.05) is 48.9 Å². The molecule has 0 spiro atoms. The quantitative estimate of drug-likeness (QED) is 0.359. The normalized spacial score (nSPS) is 11.5. The van der Waals surface area contributed by atoms with Gasteiger partial charge in [-0.25, -0.2) is 8.42 Å². The molecule has 0 aromatic heterocycles. The fourth-order valence-corrected chi connectivity index (χ4v) is 4.78. The average Bonchev–Trinajstić information content (AvgIpc) is 2.79. The van der Waals surface area contributed by atoms with Crippen LogP contribution in [0, 0.1) is 13.8 Å². The summed E-state index contributed by atoms with van der Waals surface area (Å²) in [6.07, 6.45) is 3.67. The molecular weight excluding hydrogens is 458 g/mol. The molecule has 0 fully saturated rings. The molecule has 0 atom stereocenters. The Balaban J connectivity index is 2.07. The predicted molar refractivity (Wildman–Crippen MR) is 133 cm³/mol. The summed E-state index contributed by atoms with van der Waals surface area (Å²) in [5.41, 5.74) is 2.48. The van der Waals surface area contributed by atoms with Gasteiger partial charge in [-0.2, -0.15) is 4.31 Å². The number of nitrogens with zero attached hydrogens (tertiary/aromatic N) is 1. The lowest BCUT2D eigenvalue weighted by Crippen LogP contribution is -2.36. The summed E-state index contributed by atoms with van der Waals surface area (Å²) in [6.45, 7) is 6.16. The Kier molecular flexibility index (Phi) is 7.95. The van der Waals surface area contributed by atoms with E-state index in [1.165, 1.54) is 30.3 Å². The number of halogens is 1. The number of sulfonamides is 1. The van der Waals surface area contributed by atoms with Crippen LogP contribution in [0.2, 0.25) is 5.02 Å². The van der Waals surface area contributed by atoms with E-state index >= 15 is 0 Å². The van der Waals surface area contributed by atoms with E-state index in [1.807, 2.05) is 44.2 Å². The second-order valence-electron chi connectivity index (χ2n) is 7.57. The molecule has 7 heteroatoms. The third kappa shape index (κ3) is 5.83. The number of ether oxygens (including phenoxy) is 1. The van der Waals surface area contributed by atoms with Crippen molar-refractivity contribution in [2.75, 3.05) is 10.9 Å². The standard InChI is InChI=1S/C26H26ClNO4S/c1-4-17-32-25-8-6-5-7-21(25)11-16-26(29)28(24-18-19(2)9-10-20(24)3)33(30,31)23-14-12-22(27)13-15-23/h5-16,18H,4,17H2,1-3H3/b16-11+. The van der Waals surface area contributed by atoms with Crippen LogP contribution in [0.5, 0.6) is 5.75 Å². The minimum atomic E-state index is -4.20. The number of aryl methyl sites for hydroxylation is 2. The third-order valence-corrected chi connectivity index (χ3v) is 6.90. The average molecular weight is 484 g/mol. The number of benzene rings is 3. The van der Waals surface area contributed by atoms with Crippen molar-refractivity contribution in [3.05, 3.63) is 94.5 Å². The van der Waals surface area contributed by atoms with E-state index in [2.05, 4.69) is 0 Å². The Hall–Kier alpha value is -3.09. The number of carbonyl (C=O) groups is 1. The summed E-state index contributed by atoms with van der Waals surface area (Å²) < 4.78 is 33.7. The zero-order valence-electron chi connectivity index (χ0n) is 18.8. The lowest BCUT2D eigenvalue weighted by molar-refractivity contribution is -0.113. The smallest absolute Gasteiger partial charge is 0.271 e. The second-order valence-corrected chi connectivity index (χ2v) is 9.79. The van der Waals surface area contributed by atoms with Gasteiger partial charge >= 0.3 is 0 Å². The van der Waals surface area contributed by atoms with Crippen molar-refractivity contribution < 1.29 is 17.9 Å². The van der Waals surface area contributed by atoms with Crippen LogP contribution in [-0.4, -0.2) is 20.9 Å². The first-order chi connectivity index (χ1) is 15.7. The molecule has 5 nitrogen and oxygen atoms in total. The number of anilines is 1. The monoisotopic (exact) mass is 483 g/mol. The van der Waals surface area contributed by atoms with Crippen molar-refractivity contribution in [1.82, 2.24) is 0 Å². The van der Waals surface area contributed by atoms with Gasteiger partial charge in [0.15, 0.2) is 0 Å². The van der Waals surface area contributed by atoms with Crippen LogP contribution in [0.25, 0.3) is 6.08 Å². The largest absolute Gasteiger partial charge is 0.493 e. The summed E-state index contributed by atoms with van der Waals surface area (Å²) in [5.74, 6) is -0.0637. The van der Waals surface area contributed by atoms with Crippen molar-refractivity contribution in [2.45, 2.75) is 32.1 Å². The molecule has 0 bridgehead atoms. The molecule has 0 radical (unpaired) electrons. The highest BCUT2D eigenvalue weighted by atomic mass is 35.5. The van der Waals surface area contributed by atoms with Gasteiger partial charge in [-0.3, -0.25) is 4.79 Å². The van der Waals surface area contributed by atoms with Crippen LogP contribution >= 0.6 is 11.6 Å². The molecule has 172 valence electrons. The van der Waals surface area contributed by atoms with E-state index < -0.39 is 15.9 Å². The highest BCUT2D eigenvalue weighted by Gasteiger charge is 2.31. The Labute approximate surface area is 200 Å². The first-order valence-electron chi connectivity index (χ1n) is 10.6. The van der Waals surface area contributed by atoms with Crippen molar-refractivity contribution >= 4 is 39.3 Å². The Morgan fingerprint density at radius 1 is 1.03 bits per heavy atom. The molecule has 3 aromatic carbocycles. The molecule has 3 rings (SSSR count). The van der Waals surface area contributed by atoms with Crippen molar-refractivity contribution in [2.24, 2.45) is 0 Å². The van der Waals surface area contributed by atoms with E-state index in [9.17, 15) is 13.2 Å². The molecule has 0 aliphatic heterocycles. The van der Waals surface area contributed by atoms with Crippen LogP contribution < -0.4 is 9.04 Å². The van der Waals surface area contributed by atoms with Crippen molar-refractivity contribution in [1.29, 1.82) is 0 Å². The molecular formula is C26H26ClNO4S. The predicted octanol–water partition coefficient (Wildman–Crippen LogP) is 6.18. The van der Waals surface area contributed by atoms with Gasteiger partial charge in [0.25, 0.3) is 15.9 Å². The zero-order chi connectivity index (χ0) is 24.0.